The number of hydrogen-bond acceptors (Lipinski definition) is 5. The van der Waals surface area contributed by atoms with Crippen LogP contribution < -0.4 is 4.74 Å². The molecule has 2 aliphatic heterocycles. The van der Waals surface area contributed by atoms with Gasteiger partial charge >= 0.3 is 0 Å². The summed E-state index contributed by atoms with van der Waals surface area (Å²) in [6.45, 7) is 2.57. The molecule has 0 unspecified atom stereocenters. The van der Waals surface area contributed by atoms with Gasteiger partial charge in [0, 0.05) is 5.33 Å². The van der Waals surface area contributed by atoms with E-state index in [9.17, 15) is 4.79 Å². The molecule has 6 nitrogen and oxygen atoms in total. The standard InChI is InChI=1S/C16H15BrN4O2S/c1-2-13-20-21-14(18)12(15(22)19-16(21)24-13)9-10-3-5-11(6-4-10)23-8-7-17/h3-6,9,18H,2,7-8H2,1H3/b12-9-,18-14?. The van der Waals surface area contributed by atoms with Crippen LogP contribution in [0, 0.1) is 5.41 Å². The molecule has 0 aliphatic carbocycles. The van der Waals surface area contributed by atoms with Crippen molar-refractivity contribution < 1.29 is 9.53 Å². The van der Waals surface area contributed by atoms with Crippen LogP contribution in [0.25, 0.3) is 6.08 Å². The molecule has 3 rings (SSSR count). The summed E-state index contributed by atoms with van der Waals surface area (Å²) in [5, 5.41) is 16.1. The van der Waals surface area contributed by atoms with Gasteiger partial charge in [-0.15, -0.1) is 0 Å². The van der Waals surface area contributed by atoms with Gasteiger partial charge in [0.25, 0.3) is 5.91 Å². The second-order valence-electron chi connectivity index (χ2n) is 4.97. The van der Waals surface area contributed by atoms with E-state index in [0.29, 0.717) is 11.8 Å². The minimum Gasteiger partial charge on any atom is -0.493 e. The fourth-order valence-electron chi connectivity index (χ4n) is 2.16. The molecule has 0 saturated carbocycles. The summed E-state index contributed by atoms with van der Waals surface area (Å²) in [7, 11) is 0. The predicted molar refractivity (Wildman–Crippen MR) is 101 cm³/mol. The molecule has 0 bridgehead atoms. The number of nitrogens with zero attached hydrogens (tertiary/aromatic N) is 3. The minimum absolute atomic E-state index is 0.0561. The van der Waals surface area contributed by atoms with Crippen molar-refractivity contribution in [1.82, 2.24) is 5.01 Å². The maximum atomic E-state index is 12.2. The third-order valence-corrected chi connectivity index (χ3v) is 4.71. The van der Waals surface area contributed by atoms with Gasteiger partial charge in [0.05, 0.1) is 12.2 Å². The largest absolute Gasteiger partial charge is 0.493 e. The van der Waals surface area contributed by atoms with Crippen molar-refractivity contribution in [3.63, 3.8) is 0 Å². The van der Waals surface area contributed by atoms with Gasteiger partial charge in [0.15, 0.2) is 5.84 Å². The quantitative estimate of drug-likeness (QED) is 0.599. The van der Waals surface area contributed by atoms with Gasteiger partial charge in [0.2, 0.25) is 5.17 Å². The van der Waals surface area contributed by atoms with Crippen LogP contribution in [-0.2, 0) is 4.79 Å². The number of alkyl halides is 1. The first-order valence-corrected chi connectivity index (χ1v) is 9.34. The molecule has 2 heterocycles. The van der Waals surface area contributed by atoms with Gasteiger partial charge in [-0.3, -0.25) is 10.2 Å². The number of aliphatic imine (C=N–C) groups is 1. The molecular formula is C16H15BrN4O2S. The van der Waals surface area contributed by atoms with E-state index in [-0.39, 0.29) is 11.4 Å². The van der Waals surface area contributed by atoms with Crippen molar-refractivity contribution in [3.8, 4) is 5.75 Å². The van der Waals surface area contributed by atoms with Crippen LogP contribution in [-0.4, -0.2) is 38.9 Å². The lowest BCUT2D eigenvalue weighted by Gasteiger charge is -2.20. The summed E-state index contributed by atoms with van der Waals surface area (Å²) in [6, 6.07) is 7.35. The first-order chi connectivity index (χ1) is 11.6. The van der Waals surface area contributed by atoms with E-state index in [2.05, 4.69) is 26.0 Å². The highest BCUT2D eigenvalue weighted by Crippen LogP contribution is 2.29. The van der Waals surface area contributed by atoms with E-state index >= 15 is 0 Å². The van der Waals surface area contributed by atoms with Crippen molar-refractivity contribution in [2.75, 3.05) is 11.9 Å². The highest BCUT2D eigenvalue weighted by atomic mass is 79.9. The molecule has 24 heavy (non-hydrogen) atoms. The van der Waals surface area contributed by atoms with Crippen LogP contribution in [0.1, 0.15) is 18.9 Å². The Morgan fingerprint density at radius 3 is 2.79 bits per heavy atom. The predicted octanol–water partition coefficient (Wildman–Crippen LogP) is 3.49. The molecule has 1 aromatic carbocycles. The molecule has 8 heteroatoms. The maximum absolute atomic E-state index is 12.2. The monoisotopic (exact) mass is 406 g/mol. The number of rotatable bonds is 5. The van der Waals surface area contributed by atoms with Crippen molar-refractivity contribution in [2.45, 2.75) is 13.3 Å². The summed E-state index contributed by atoms with van der Waals surface area (Å²) < 4.78 is 5.50. The molecule has 0 aromatic heterocycles. The zero-order chi connectivity index (χ0) is 17.1. The van der Waals surface area contributed by atoms with Gasteiger partial charge in [-0.2, -0.15) is 15.1 Å². The van der Waals surface area contributed by atoms with Crippen LogP contribution in [0.2, 0.25) is 0 Å². The third kappa shape index (κ3) is 3.44. The summed E-state index contributed by atoms with van der Waals surface area (Å²) >= 11 is 4.64. The van der Waals surface area contributed by atoms with Gasteiger partial charge < -0.3 is 4.74 Å². The fraction of sp³-hybridized carbons (Fsp3) is 0.250. The Labute approximate surface area is 152 Å². The van der Waals surface area contributed by atoms with E-state index in [1.807, 2.05) is 31.2 Å². The average Bonchev–Trinajstić information content (AvgIpc) is 3.01. The Morgan fingerprint density at radius 1 is 1.38 bits per heavy atom. The first kappa shape index (κ1) is 16.9. The Morgan fingerprint density at radius 2 is 2.12 bits per heavy atom. The van der Waals surface area contributed by atoms with Crippen molar-refractivity contribution in [2.24, 2.45) is 10.1 Å². The van der Waals surface area contributed by atoms with E-state index in [1.165, 1.54) is 16.8 Å². The number of amides is 1. The Hall–Kier alpha value is -1.93. The number of halogens is 1. The Kier molecular flexibility index (Phi) is 5.15. The lowest BCUT2D eigenvalue weighted by Crippen LogP contribution is -2.35. The zero-order valence-electron chi connectivity index (χ0n) is 13.0. The molecule has 1 amide bonds. The number of ether oxygens (including phenoxy) is 1. The second-order valence-corrected chi connectivity index (χ2v) is 6.81. The van der Waals surface area contributed by atoms with Crippen LogP contribution >= 0.6 is 27.7 Å². The van der Waals surface area contributed by atoms with Crippen molar-refractivity contribution in [3.05, 3.63) is 35.4 Å². The molecule has 0 saturated heterocycles. The summed E-state index contributed by atoms with van der Waals surface area (Å²) in [4.78, 5) is 16.3. The second kappa shape index (κ2) is 7.31. The van der Waals surface area contributed by atoms with E-state index < -0.39 is 5.91 Å². The number of nitrogens with one attached hydrogen (secondary N) is 1. The van der Waals surface area contributed by atoms with E-state index in [0.717, 1.165) is 28.1 Å². The van der Waals surface area contributed by atoms with Crippen LogP contribution in [0.4, 0.5) is 0 Å². The minimum atomic E-state index is -0.411. The molecule has 0 fully saturated rings. The number of fused-ring (bicyclic) bond motifs is 1. The van der Waals surface area contributed by atoms with Crippen LogP contribution in [0.3, 0.4) is 0 Å². The van der Waals surface area contributed by atoms with Gasteiger partial charge in [-0.05, 0) is 42.0 Å². The number of carbonyl (C=O) groups excluding carboxylic acids is 1. The fourth-order valence-corrected chi connectivity index (χ4v) is 3.14. The van der Waals surface area contributed by atoms with Crippen LogP contribution in [0.15, 0.2) is 39.9 Å². The van der Waals surface area contributed by atoms with Crippen LogP contribution in [0.5, 0.6) is 5.75 Å². The third-order valence-electron chi connectivity index (χ3n) is 3.34. The molecule has 2 aliphatic rings. The topological polar surface area (TPSA) is 78.1 Å². The number of carbonyl (C=O) groups is 1. The molecule has 124 valence electrons. The van der Waals surface area contributed by atoms with Gasteiger partial charge in [-0.25, -0.2) is 0 Å². The molecule has 0 spiro atoms. The highest BCUT2D eigenvalue weighted by Gasteiger charge is 2.34. The highest BCUT2D eigenvalue weighted by molar-refractivity contribution is 9.09. The molecular weight excluding hydrogens is 392 g/mol. The first-order valence-electron chi connectivity index (χ1n) is 7.40. The number of hydrogen-bond donors (Lipinski definition) is 1. The molecule has 1 aromatic rings. The number of benzene rings is 1. The lowest BCUT2D eigenvalue weighted by atomic mass is 10.1. The van der Waals surface area contributed by atoms with Gasteiger partial charge in [0.1, 0.15) is 10.8 Å². The Balaban J connectivity index is 1.84. The average molecular weight is 407 g/mol. The summed E-state index contributed by atoms with van der Waals surface area (Å²) in [6.07, 6.45) is 2.40. The SMILES string of the molecule is CCC1=NN2C(=N)/C(=C/c3ccc(OCCBr)cc3)C(=O)N=C2S1. The molecule has 0 radical (unpaired) electrons. The van der Waals surface area contributed by atoms with Gasteiger partial charge in [-0.1, -0.05) is 35.0 Å². The maximum Gasteiger partial charge on any atom is 0.283 e. The molecule has 1 N–H and O–H groups in total. The number of thioether (sulfide) groups is 1. The Bertz CT molecular complexity index is 771. The van der Waals surface area contributed by atoms with Crippen molar-refractivity contribution >= 4 is 55.7 Å². The lowest BCUT2D eigenvalue weighted by molar-refractivity contribution is -0.114. The number of amidine groups is 2. The zero-order valence-corrected chi connectivity index (χ0v) is 15.4. The summed E-state index contributed by atoms with van der Waals surface area (Å²) in [5.74, 6) is 0.404. The smallest absolute Gasteiger partial charge is 0.283 e. The normalized spacial score (nSPS) is 18.6. The number of hydrazone groups is 1. The van der Waals surface area contributed by atoms with E-state index in [4.69, 9.17) is 10.1 Å². The summed E-state index contributed by atoms with van der Waals surface area (Å²) in [5.41, 5.74) is 1.04. The van der Waals surface area contributed by atoms with E-state index in [1.54, 1.807) is 6.08 Å². The van der Waals surface area contributed by atoms with Crippen molar-refractivity contribution in [1.29, 1.82) is 5.41 Å². The molecule has 0 atom stereocenters.